The van der Waals surface area contributed by atoms with Gasteiger partial charge in [0.2, 0.25) is 0 Å². The molecule has 1 heterocycles. The van der Waals surface area contributed by atoms with Crippen LogP contribution in [0.1, 0.15) is 56.7 Å². The Bertz CT molecular complexity index is 761. The molecule has 0 radical (unpaired) electrons. The van der Waals surface area contributed by atoms with Crippen molar-refractivity contribution in [3.63, 3.8) is 0 Å². The van der Waals surface area contributed by atoms with Crippen molar-refractivity contribution in [3.05, 3.63) is 65.2 Å². The molecule has 1 atom stereocenters. The van der Waals surface area contributed by atoms with Gasteiger partial charge in [-0.1, -0.05) is 69.3 Å². The molecule has 1 aliphatic heterocycles. The summed E-state index contributed by atoms with van der Waals surface area (Å²) in [6, 6.07) is 17.6. The van der Waals surface area contributed by atoms with Gasteiger partial charge in [-0.15, -0.1) is 12.4 Å². The third-order valence-electron chi connectivity index (χ3n) is 5.90. The van der Waals surface area contributed by atoms with E-state index in [1.54, 1.807) is 0 Å². The fraction of sp³-hybridized carbons (Fsp3) is 0.556. The summed E-state index contributed by atoms with van der Waals surface area (Å²) in [6.07, 6.45) is 3.97. The molecule has 0 aliphatic carbocycles. The van der Waals surface area contributed by atoms with Gasteiger partial charge in [0.25, 0.3) is 0 Å². The van der Waals surface area contributed by atoms with Crippen LogP contribution in [-0.2, 0) is 11.3 Å². The second-order valence-corrected chi connectivity index (χ2v) is 9.98. The molecule has 2 aromatic rings. The Hall–Kier alpha value is -1.55. The molecule has 2 aromatic carbocycles. The van der Waals surface area contributed by atoms with E-state index in [1.165, 1.54) is 48.3 Å². The standard InChI is InChI=1S/C27H40N2O.ClH/c1-22-12-11-13-23(2)26(22)29(20-24-14-7-6-8-15-24)25(28-17-9-10-18-28)16-19-30-21-27(3,4)5;/h6-8,11-15,25H,9-10,16-21H2,1-5H3;1H. The zero-order valence-electron chi connectivity index (χ0n) is 20.1. The number of likely N-dealkylation sites (tertiary alicyclic amines) is 1. The average Bonchev–Trinajstić information content (AvgIpc) is 3.22. The molecule has 1 unspecified atom stereocenters. The molecule has 172 valence electrons. The lowest BCUT2D eigenvalue weighted by molar-refractivity contribution is 0.0548. The molecule has 0 bridgehead atoms. The molecule has 0 aromatic heterocycles. The topological polar surface area (TPSA) is 15.7 Å². The fourth-order valence-electron chi connectivity index (χ4n) is 4.51. The summed E-state index contributed by atoms with van der Waals surface area (Å²) in [5.41, 5.74) is 5.66. The van der Waals surface area contributed by atoms with Gasteiger partial charge in [-0.2, -0.15) is 0 Å². The third kappa shape index (κ3) is 7.52. The molecular weight excluding hydrogens is 404 g/mol. The Kier molecular flexibility index (Phi) is 9.87. The highest BCUT2D eigenvalue weighted by atomic mass is 35.5. The van der Waals surface area contributed by atoms with E-state index in [2.05, 4.69) is 92.9 Å². The molecule has 0 spiro atoms. The monoisotopic (exact) mass is 444 g/mol. The number of ether oxygens (including phenoxy) is 1. The Balaban J connectivity index is 0.00000341. The van der Waals surface area contributed by atoms with Crippen molar-refractivity contribution < 1.29 is 4.74 Å². The largest absolute Gasteiger partial charge is 0.381 e. The minimum Gasteiger partial charge on any atom is -0.381 e. The van der Waals surface area contributed by atoms with Crippen LogP contribution in [0.4, 0.5) is 5.69 Å². The minimum atomic E-state index is 0. The highest BCUT2D eigenvalue weighted by molar-refractivity contribution is 5.85. The Morgan fingerprint density at radius 2 is 1.55 bits per heavy atom. The highest BCUT2D eigenvalue weighted by Gasteiger charge is 2.29. The molecule has 1 aliphatic rings. The van der Waals surface area contributed by atoms with Crippen LogP contribution >= 0.6 is 12.4 Å². The number of benzene rings is 2. The van der Waals surface area contributed by atoms with Crippen molar-refractivity contribution >= 4 is 18.1 Å². The van der Waals surface area contributed by atoms with Crippen molar-refractivity contribution in [2.24, 2.45) is 5.41 Å². The fourth-order valence-corrected chi connectivity index (χ4v) is 4.51. The van der Waals surface area contributed by atoms with Crippen LogP contribution in [0.2, 0.25) is 0 Å². The number of nitrogens with zero attached hydrogens (tertiary/aromatic N) is 2. The first-order chi connectivity index (χ1) is 14.3. The summed E-state index contributed by atoms with van der Waals surface area (Å²) < 4.78 is 6.13. The third-order valence-corrected chi connectivity index (χ3v) is 5.90. The quantitative estimate of drug-likeness (QED) is 0.405. The summed E-state index contributed by atoms with van der Waals surface area (Å²) in [5, 5.41) is 0. The maximum absolute atomic E-state index is 6.13. The zero-order chi connectivity index (χ0) is 21.6. The van der Waals surface area contributed by atoms with E-state index in [0.29, 0.717) is 6.17 Å². The van der Waals surface area contributed by atoms with Crippen molar-refractivity contribution in [3.8, 4) is 0 Å². The normalized spacial score (nSPS) is 15.5. The maximum Gasteiger partial charge on any atom is 0.0846 e. The zero-order valence-corrected chi connectivity index (χ0v) is 20.9. The predicted octanol–water partition coefficient (Wildman–Crippen LogP) is 6.61. The number of hydrogen-bond donors (Lipinski definition) is 0. The van der Waals surface area contributed by atoms with Gasteiger partial charge >= 0.3 is 0 Å². The molecule has 4 heteroatoms. The average molecular weight is 445 g/mol. The van der Waals surface area contributed by atoms with E-state index < -0.39 is 0 Å². The second-order valence-electron chi connectivity index (χ2n) is 9.98. The summed E-state index contributed by atoms with van der Waals surface area (Å²) >= 11 is 0. The lowest BCUT2D eigenvalue weighted by atomic mass is 9.99. The molecule has 0 amide bonds. The Morgan fingerprint density at radius 1 is 0.935 bits per heavy atom. The molecule has 1 saturated heterocycles. The van der Waals surface area contributed by atoms with E-state index >= 15 is 0 Å². The van der Waals surface area contributed by atoms with E-state index in [9.17, 15) is 0 Å². The molecule has 31 heavy (non-hydrogen) atoms. The van der Waals surface area contributed by atoms with Crippen LogP contribution < -0.4 is 4.90 Å². The van der Waals surface area contributed by atoms with Gasteiger partial charge in [-0.3, -0.25) is 4.90 Å². The van der Waals surface area contributed by atoms with Crippen LogP contribution in [0.15, 0.2) is 48.5 Å². The van der Waals surface area contributed by atoms with Crippen LogP contribution in [0, 0.1) is 19.3 Å². The van der Waals surface area contributed by atoms with Gasteiger partial charge in [0, 0.05) is 38.3 Å². The van der Waals surface area contributed by atoms with Gasteiger partial charge in [-0.25, -0.2) is 0 Å². The summed E-state index contributed by atoms with van der Waals surface area (Å²) in [5.74, 6) is 0. The van der Waals surface area contributed by atoms with Gasteiger partial charge < -0.3 is 9.64 Å². The van der Waals surface area contributed by atoms with Gasteiger partial charge in [-0.05, 0) is 48.8 Å². The first-order valence-electron chi connectivity index (χ1n) is 11.5. The minimum absolute atomic E-state index is 0. The first-order valence-corrected chi connectivity index (χ1v) is 11.5. The smallest absolute Gasteiger partial charge is 0.0846 e. The van der Waals surface area contributed by atoms with E-state index in [0.717, 1.165) is 26.2 Å². The lowest BCUT2D eigenvalue weighted by Crippen LogP contribution is -2.48. The number of anilines is 1. The van der Waals surface area contributed by atoms with Crippen LogP contribution in [0.25, 0.3) is 0 Å². The van der Waals surface area contributed by atoms with Gasteiger partial charge in [0.1, 0.15) is 0 Å². The van der Waals surface area contributed by atoms with E-state index in [1.807, 2.05) is 0 Å². The molecule has 0 N–H and O–H groups in total. The van der Waals surface area contributed by atoms with Gasteiger partial charge in [0.05, 0.1) is 12.8 Å². The number of para-hydroxylation sites is 1. The molecule has 3 rings (SSSR count). The van der Waals surface area contributed by atoms with E-state index in [-0.39, 0.29) is 17.8 Å². The molecule has 1 fully saturated rings. The molecule has 0 saturated carbocycles. The van der Waals surface area contributed by atoms with Crippen molar-refractivity contribution in [2.75, 3.05) is 31.2 Å². The predicted molar refractivity (Wildman–Crippen MR) is 135 cm³/mol. The van der Waals surface area contributed by atoms with Crippen LogP contribution in [0.3, 0.4) is 0 Å². The van der Waals surface area contributed by atoms with E-state index in [4.69, 9.17) is 4.74 Å². The van der Waals surface area contributed by atoms with Gasteiger partial charge in [0.15, 0.2) is 0 Å². The Labute approximate surface area is 196 Å². The Morgan fingerprint density at radius 3 is 2.13 bits per heavy atom. The summed E-state index contributed by atoms with van der Waals surface area (Å²) in [6.45, 7) is 16.1. The van der Waals surface area contributed by atoms with Crippen LogP contribution in [0.5, 0.6) is 0 Å². The first kappa shape index (κ1) is 25.7. The SMILES string of the molecule is Cc1cccc(C)c1N(Cc1ccccc1)C(CCOCC(C)(C)C)N1CCCC1.Cl. The van der Waals surface area contributed by atoms with Crippen LogP contribution in [-0.4, -0.2) is 37.4 Å². The lowest BCUT2D eigenvalue weighted by Gasteiger charge is -2.41. The van der Waals surface area contributed by atoms with Crippen molar-refractivity contribution in [2.45, 2.75) is 66.6 Å². The maximum atomic E-state index is 6.13. The van der Waals surface area contributed by atoms with Crippen molar-refractivity contribution in [1.29, 1.82) is 0 Å². The number of hydrogen-bond acceptors (Lipinski definition) is 3. The highest BCUT2D eigenvalue weighted by Crippen LogP contribution is 2.31. The number of aryl methyl sites for hydroxylation is 2. The number of rotatable bonds is 9. The molecule has 3 nitrogen and oxygen atoms in total. The van der Waals surface area contributed by atoms with Crippen molar-refractivity contribution in [1.82, 2.24) is 4.90 Å². The number of halogens is 1. The molecular formula is C27H41ClN2O. The summed E-state index contributed by atoms with van der Waals surface area (Å²) in [7, 11) is 0. The summed E-state index contributed by atoms with van der Waals surface area (Å²) in [4.78, 5) is 5.32. The second kappa shape index (κ2) is 11.9.